The van der Waals surface area contributed by atoms with Crippen LogP contribution < -0.4 is 10.9 Å². The number of anilines is 2. The molecular formula is C17H19N5O2. The molecule has 7 heteroatoms. The molecule has 0 saturated heterocycles. The lowest BCUT2D eigenvalue weighted by atomic mass is 10.0. The first-order valence-electron chi connectivity index (χ1n) is 7.56. The maximum absolute atomic E-state index is 12.3. The number of nitrogens with one attached hydrogen (secondary N) is 2. The maximum atomic E-state index is 12.3. The summed E-state index contributed by atoms with van der Waals surface area (Å²) < 4.78 is 1.47. The average Bonchev–Trinajstić information content (AvgIpc) is 2.96. The van der Waals surface area contributed by atoms with Gasteiger partial charge in [0, 0.05) is 30.6 Å². The zero-order chi connectivity index (χ0) is 17.3. The molecule has 0 saturated carbocycles. The van der Waals surface area contributed by atoms with Gasteiger partial charge in [0.05, 0.1) is 12.3 Å². The van der Waals surface area contributed by atoms with E-state index in [0.29, 0.717) is 11.5 Å². The van der Waals surface area contributed by atoms with Crippen molar-refractivity contribution in [2.24, 2.45) is 7.05 Å². The first-order valence-corrected chi connectivity index (χ1v) is 7.56. The van der Waals surface area contributed by atoms with Crippen molar-refractivity contribution >= 4 is 11.6 Å². The highest BCUT2D eigenvalue weighted by atomic mass is 16.3. The standard InChI is InChI=1S/C17H19N5O2/c1-10-5-4-6-12(13(10)9-23)14-8-22(3)17(24)16(18-14)19-15-7-11(2)20-21-15/h4-8,23H,9H2,1-3H3,(H2,18,19,20,21). The van der Waals surface area contributed by atoms with E-state index in [2.05, 4.69) is 20.5 Å². The Morgan fingerprint density at radius 2 is 2.12 bits per heavy atom. The SMILES string of the molecule is Cc1cc(Nc2nc(-c3cccc(C)c3CO)cn(C)c2=O)n[nH]1. The number of aromatic amines is 1. The molecule has 0 radical (unpaired) electrons. The molecule has 2 aromatic heterocycles. The summed E-state index contributed by atoms with van der Waals surface area (Å²) in [6.07, 6.45) is 1.66. The van der Waals surface area contributed by atoms with E-state index in [0.717, 1.165) is 22.4 Å². The van der Waals surface area contributed by atoms with E-state index in [-0.39, 0.29) is 18.0 Å². The Bertz CT molecular complexity index is 942. The number of rotatable bonds is 4. The van der Waals surface area contributed by atoms with Gasteiger partial charge in [0.1, 0.15) is 0 Å². The van der Waals surface area contributed by atoms with Gasteiger partial charge in [-0.15, -0.1) is 0 Å². The van der Waals surface area contributed by atoms with Crippen LogP contribution in [0, 0.1) is 13.8 Å². The first-order chi connectivity index (χ1) is 11.5. The van der Waals surface area contributed by atoms with E-state index in [1.165, 1.54) is 4.57 Å². The summed E-state index contributed by atoms with van der Waals surface area (Å²) in [6.45, 7) is 3.72. The number of aliphatic hydroxyl groups excluding tert-OH is 1. The van der Waals surface area contributed by atoms with Crippen LogP contribution in [0.15, 0.2) is 35.3 Å². The van der Waals surface area contributed by atoms with Crippen LogP contribution in [0.25, 0.3) is 11.3 Å². The summed E-state index contributed by atoms with van der Waals surface area (Å²) in [5, 5.41) is 19.5. The summed E-state index contributed by atoms with van der Waals surface area (Å²) in [5.74, 6) is 0.716. The van der Waals surface area contributed by atoms with Crippen molar-refractivity contribution in [3.05, 3.63) is 57.6 Å². The quantitative estimate of drug-likeness (QED) is 0.682. The molecule has 0 atom stereocenters. The van der Waals surface area contributed by atoms with Gasteiger partial charge < -0.3 is 15.0 Å². The fourth-order valence-corrected chi connectivity index (χ4v) is 2.57. The van der Waals surface area contributed by atoms with Crippen LogP contribution in [0.3, 0.4) is 0 Å². The summed E-state index contributed by atoms with van der Waals surface area (Å²) in [5.41, 5.74) is 3.81. The highest BCUT2D eigenvalue weighted by molar-refractivity contribution is 5.66. The van der Waals surface area contributed by atoms with E-state index < -0.39 is 0 Å². The molecule has 24 heavy (non-hydrogen) atoms. The van der Waals surface area contributed by atoms with Crippen LogP contribution in [-0.4, -0.2) is 24.9 Å². The molecule has 0 aliphatic heterocycles. The summed E-state index contributed by atoms with van der Waals surface area (Å²) in [6, 6.07) is 7.51. The van der Waals surface area contributed by atoms with Crippen LogP contribution in [0.2, 0.25) is 0 Å². The third-order valence-electron chi connectivity index (χ3n) is 3.87. The number of aliphatic hydroxyl groups is 1. The zero-order valence-electron chi connectivity index (χ0n) is 13.8. The summed E-state index contributed by atoms with van der Waals surface area (Å²) >= 11 is 0. The van der Waals surface area contributed by atoms with Crippen LogP contribution in [0.1, 0.15) is 16.8 Å². The molecule has 0 aliphatic carbocycles. The smallest absolute Gasteiger partial charge is 0.293 e. The molecule has 2 heterocycles. The number of benzene rings is 1. The van der Waals surface area contributed by atoms with Crippen LogP contribution in [0.5, 0.6) is 0 Å². The summed E-state index contributed by atoms with van der Waals surface area (Å²) in [7, 11) is 1.67. The first kappa shape index (κ1) is 15.9. The molecule has 0 amide bonds. The Morgan fingerprint density at radius 1 is 1.33 bits per heavy atom. The van der Waals surface area contributed by atoms with Crippen LogP contribution in [0.4, 0.5) is 11.6 Å². The Balaban J connectivity index is 2.11. The number of hydrogen-bond donors (Lipinski definition) is 3. The largest absolute Gasteiger partial charge is 0.392 e. The Kier molecular flexibility index (Phi) is 4.18. The predicted octanol–water partition coefficient (Wildman–Crippen LogP) is 2.02. The van der Waals surface area contributed by atoms with Crippen molar-refractivity contribution in [1.29, 1.82) is 0 Å². The second-order valence-corrected chi connectivity index (χ2v) is 5.71. The van der Waals surface area contributed by atoms with Crippen molar-refractivity contribution in [3.8, 4) is 11.3 Å². The number of nitrogens with zero attached hydrogens (tertiary/aromatic N) is 3. The highest BCUT2D eigenvalue weighted by Gasteiger charge is 2.13. The molecule has 7 nitrogen and oxygen atoms in total. The van der Waals surface area contributed by atoms with E-state index in [1.807, 2.05) is 32.0 Å². The second-order valence-electron chi connectivity index (χ2n) is 5.71. The minimum atomic E-state index is -0.252. The molecule has 3 N–H and O–H groups in total. The topological polar surface area (TPSA) is 95.8 Å². The summed E-state index contributed by atoms with van der Waals surface area (Å²) in [4.78, 5) is 16.8. The molecule has 0 fully saturated rings. The van der Waals surface area contributed by atoms with Gasteiger partial charge in [-0.3, -0.25) is 9.89 Å². The fraction of sp³-hybridized carbons (Fsp3) is 0.235. The Morgan fingerprint density at radius 3 is 2.79 bits per heavy atom. The van der Waals surface area contributed by atoms with Gasteiger partial charge in [0.2, 0.25) is 0 Å². The van der Waals surface area contributed by atoms with Gasteiger partial charge in [-0.05, 0) is 25.0 Å². The molecule has 3 aromatic rings. The molecule has 0 aliphatic rings. The normalized spacial score (nSPS) is 10.8. The number of aryl methyl sites for hydroxylation is 3. The van der Waals surface area contributed by atoms with E-state index >= 15 is 0 Å². The van der Waals surface area contributed by atoms with Gasteiger partial charge in [-0.2, -0.15) is 5.10 Å². The van der Waals surface area contributed by atoms with E-state index in [4.69, 9.17) is 0 Å². The Hall–Kier alpha value is -2.93. The molecule has 0 spiro atoms. The van der Waals surface area contributed by atoms with Gasteiger partial charge in [0.25, 0.3) is 5.56 Å². The molecule has 124 valence electrons. The third-order valence-corrected chi connectivity index (χ3v) is 3.87. The highest BCUT2D eigenvalue weighted by Crippen LogP contribution is 2.25. The van der Waals surface area contributed by atoms with Crippen molar-refractivity contribution < 1.29 is 5.11 Å². The fourth-order valence-electron chi connectivity index (χ4n) is 2.57. The van der Waals surface area contributed by atoms with Crippen molar-refractivity contribution in [2.75, 3.05) is 5.32 Å². The molecule has 0 unspecified atom stereocenters. The van der Waals surface area contributed by atoms with Gasteiger partial charge in [-0.25, -0.2) is 4.98 Å². The van der Waals surface area contributed by atoms with Crippen molar-refractivity contribution in [3.63, 3.8) is 0 Å². The van der Waals surface area contributed by atoms with Crippen LogP contribution >= 0.6 is 0 Å². The number of aromatic nitrogens is 4. The maximum Gasteiger partial charge on any atom is 0.293 e. The van der Waals surface area contributed by atoms with Crippen molar-refractivity contribution in [2.45, 2.75) is 20.5 Å². The lowest BCUT2D eigenvalue weighted by molar-refractivity contribution is 0.281. The van der Waals surface area contributed by atoms with Gasteiger partial charge >= 0.3 is 0 Å². The monoisotopic (exact) mass is 325 g/mol. The van der Waals surface area contributed by atoms with Crippen molar-refractivity contribution in [1.82, 2.24) is 19.7 Å². The Labute approximate surface area is 139 Å². The lowest BCUT2D eigenvalue weighted by Crippen LogP contribution is -2.21. The van der Waals surface area contributed by atoms with Gasteiger partial charge in [-0.1, -0.05) is 18.2 Å². The van der Waals surface area contributed by atoms with Crippen LogP contribution in [-0.2, 0) is 13.7 Å². The minimum Gasteiger partial charge on any atom is -0.392 e. The number of hydrogen-bond acceptors (Lipinski definition) is 5. The van der Waals surface area contributed by atoms with E-state index in [1.54, 1.807) is 19.3 Å². The predicted molar refractivity (Wildman–Crippen MR) is 92.2 cm³/mol. The van der Waals surface area contributed by atoms with E-state index in [9.17, 15) is 9.90 Å². The second kappa shape index (κ2) is 6.29. The average molecular weight is 325 g/mol. The molecule has 3 rings (SSSR count). The third kappa shape index (κ3) is 2.93. The molecule has 0 bridgehead atoms. The number of H-pyrrole nitrogens is 1. The van der Waals surface area contributed by atoms with Gasteiger partial charge in [0.15, 0.2) is 11.6 Å². The molecule has 1 aromatic carbocycles. The lowest BCUT2D eigenvalue weighted by Gasteiger charge is -2.12. The minimum absolute atomic E-state index is 0.0894. The molecular weight excluding hydrogens is 306 g/mol. The zero-order valence-corrected chi connectivity index (χ0v) is 13.8.